The predicted octanol–water partition coefficient (Wildman–Crippen LogP) is 2.16. The van der Waals surface area contributed by atoms with Gasteiger partial charge in [-0.1, -0.05) is 19.9 Å². The number of aryl methyl sites for hydroxylation is 1. The number of hydrogen-bond donors (Lipinski definition) is 0. The summed E-state index contributed by atoms with van der Waals surface area (Å²) in [6, 6.07) is 8.52. The van der Waals surface area contributed by atoms with E-state index in [-0.39, 0.29) is 41.8 Å². The topological polar surface area (TPSA) is 109 Å². The van der Waals surface area contributed by atoms with Crippen LogP contribution in [0.5, 0.6) is 5.75 Å². The summed E-state index contributed by atoms with van der Waals surface area (Å²) in [4.78, 5) is 45.0. The van der Waals surface area contributed by atoms with Gasteiger partial charge in [0.05, 0.1) is 18.5 Å². The lowest BCUT2D eigenvalue weighted by molar-refractivity contribution is 0.0592. The number of hydrogen-bond acceptors (Lipinski definition) is 7. The van der Waals surface area contributed by atoms with Crippen LogP contribution in [0.2, 0.25) is 0 Å². The number of ether oxygens (including phenoxy) is 2. The summed E-state index contributed by atoms with van der Waals surface area (Å²) >= 11 is 0. The van der Waals surface area contributed by atoms with Gasteiger partial charge in [-0.15, -0.1) is 0 Å². The molecule has 10 nitrogen and oxygen atoms in total. The number of amides is 1. The average Bonchev–Trinajstić information content (AvgIpc) is 3.11. The van der Waals surface area contributed by atoms with Crippen LogP contribution in [0.25, 0.3) is 0 Å². The van der Waals surface area contributed by atoms with Gasteiger partial charge in [-0.3, -0.25) is 19.3 Å². The van der Waals surface area contributed by atoms with Crippen molar-refractivity contribution in [3.8, 4) is 5.75 Å². The Balaban J connectivity index is 1.63. The van der Waals surface area contributed by atoms with Crippen LogP contribution in [0.3, 0.4) is 0 Å². The van der Waals surface area contributed by atoms with Gasteiger partial charge in [0.2, 0.25) is 0 Å². The highest BCUT2D eigenvalue weighted by atomic mass is 16.5. The Morgan fingerprint density at radius 2 is 1.94 bits per heavy atom. The van der Waals surface area contributed by atoms with E-state index in [2.05, 4.69) is 10.1 Å². The molecule has 10 heteroatoms. The van der Waals surface area contributed by atoms with Gasteiger partial charge in [0.25, 0.3) is 11.5 Å². The van der Waals surface area contributed by atoms with E-state index in [0.29, 0.717) is 36.6 Å². The zero-order chi connectivity index (χ0) is 25.1. The van der Waals surface area contributed by atoms with Crippen LogP contribution in [-0.2, 0) is 31.4 Å². The zero-order valence-corrected chi connectivity index (χ0v) is 20.4. The molecular formula is C25H29N5O5. The molecule has 1 aliphatic rings. The van der Waals surface area contributed by atoms with Crippen LogP contribution < -0.4 is 10.3 Å². The van der Waals surface area contributed by atoms with Crippen LogP contribution in [0, 0.1) is 0 Å². The number of carbonyl (C=O) groups excluding carboxylic acids is 2. The molecule has 0 N–H and O–H groups in total. The van der Waals surface area contributed by atoms with Crippen LogP contribution >= 0.6 is 0 Å². The van der Waals surface area contributed by atoms with Crippen LogP contribution in [-0.4, -0.2) is 56.3 Å². The minimum absolute atomic E-state index is 0.0943. The monoisotopic (exact) mass is 479 g/mol. The summed E-state index contributed by atoms with van der Waals surface area (Å²) in [6.07, 6.45) is 1.94. The fraction of sp³-hybridized carbons (Fsp3) is 0.400. The van der Waals surface area contributed by atoms with E-state index >= 15 is 0 Å². The van der Waals surface area contributed by atoms with E-state index in [1.165, 1.54) is 17.7 Å². The van der Waals surface area contributed by atoms with E-state index in [9.17, 15) is 14.4 Å². The molecule has 4 rings (SSSR count). The lowest BCUT2D eigenvalue weighted by atomic mass is 10.1. The van der Waals surface area contributed by atoms with Crippen molar-refractivity contribution < 1.29 is 19.1 Å². The van der Waals surface area contributed by atoms with Crippen molar-refractivity contribution in [3.63, 3.8) is 0 Å². The number of aromatic nitrogens is 4. The zero-order valence-electron chi connectivity index (χ0n) is 20.4. The summed E-state index contributed by atoms with van der Waals surface area (Å²) in [5, 5.41) is 4.44. The maximum Gasteiger partial charge on any atom is 0.343 e. The highest BCUT2D eigenvalue weighted by molar-refractivity contribution is 5.94. The van der Waals surface area contributed by atoms with Gasteiger partial charge >= 0.3 is 5.97 Å². The molecule has 1 aliphatic heterocycles. The maximum absolute atomic E-state index is 13.3. The first-order chi connectivity index (χ1) is 16.8. The molecule has 0 saturated heterocycles. The summed E-state index contributed by atoms with van der Waals surface area (Å²) in [7, 11) is 3.03. The quantitative estimate of drug-likeness (QED) is 0.499. The van der Waals surface area contributed by atoms with E-state index in [1.807, 2.05) is 19.9 Å². The van der Waals surface area contributed by atoms with E-state index in [4.69, 9.17) is 9.47 Å². The first kappa shape index (κ1) is 24.2. The summed E-state index contributed by atoms with van der Waals surface area (Å²) in [5.41, 5.74) is 2.36. The van der Waals surface area contributed by atoms with Crippen LogP contribution in [0.4, 0.5) is 0 Å². The minimum atomic E-state index is -0.599. The minimum Gasteiger partial charge on any atom is -0.486 e. The third-order valence-electron chi connectivity index (χ3n) is 6.08. The molecule has 0 spiro atoms. The van der Waals surface area contributed by atoms with Crippen molar-refractivity contribution in [2.24, 2.45) is 7.05 Å². The molecule has 0 saturated carbocycles. The van der Waals surface area contributed by atoms with Crippen molar-refractivity contribution in [3.05, 3.63) is 75.2 Å². The van der Waals surface area contributed by atoms with E-state index < -0.39 is 5.97 Å². The molecule has 0 radical (unpaired) electrons. The second-order valence-corrected chi connectivity index (χ2v) is 8.70. The van der Waals surface area contributed by atoms with Crippen molar-refractivity contribution in [2.45, 2.75) is 39.3 Å². The number of carbonyl (C=O) groups is 2. The maximum atomic E-state index is 13.3. The van der Waals surface area contributed by atoms with Gasteiger partial charge < -0.3 is 18.9 Å². The third kappa shape index (κ3) is 4.96. The molecule has 0 unspecified atom stereocenters. The Bertz CT molecular complexity index is 1300. The highest BCUT2D eigenvalue weighted by Crippen LogP contribution is 2.25. The Labute approximate surface area is 203 Å². The van der Waals surface area contributed by atoms with Crippen LogP contribution in [0.1, 0.15) is 57.7 Å². The highest BCUT2D eigenvalue weighted by Gasteiger charge is 2.29. The Morgan fingerprint density at radius 1 is 1.14 bits per heavy atom. The standard InChI is InChI=1S/C25H29N5O5/c1-16(2)18-13-20(28(3)27-18)24(32)29-10-8-19-23(25(33)34-4)21(14-22(31)30(19)12-11-29)35-15-17-7-5-6-9-26-17/h5-7,9,13-14,16H,8,10-12,15H2,1-4H3. The summed E-state index contributed by atoms with van der Waals surface area (Å²) in [5.74, 6) is -0.426. The number of esters is 1. The molecule has 184 valence electrons. The molecule has 3 aromatic rings. The molecule has 4 heterocycles. The first-order valence-electron chi connectivity index (χ1n) is 11.5. The predicted molar refractivity (Wildman–Crippen MR) is 128 cm³/mol. The van der Waals surface area contributed by atoms with Crippen molar-refractivity contribution in [1.82, 2.24) is 24.2 Å². The second-order valence-electron chi connectivity index (χ2n) is 8.70. The smallest absolute Gasteiger partial charge is 0.343 e. The number of pyridine rings is 2. The summed E-state index contributed by atoms with van der Waals surface area (Å²) < 4.78 is 14.0. The fourth-order valence-electron chi connectivity index (χ4n) is 4.16. The normalized spacial score (nSPS) is 13.3. The summed E-state index contributed by atoms with van der Waals surface area (Å²) in [6.45, 7) is 5.04. The molecule has 0 aromatic carbocycles. The Hall–Kier alpha value is -3.95. The molecule has 0 fully saturated rings. The van der Waals surface area contributed by atoms with Crippen molar-refractivity contribution in [2.75, 3.05) is 20.2 Å². The number of methoxy groups -OCH3 is 1. The van der Waals surface area contributed by atoms with Gasteiger partial charge in [-0.2, -0.15) is 5.10 Å². The second kappa shape index (κ2) is 10.1. The largest absolute Gasteiger partial charge is 0.486 e. The molecule has 35 heavy (non-hydrogen) atoms. The Morgan fingerprint density at radius 3 is 2.60 bits per heavy atom. The van der Waals surface area contributed by atoms with Crippen molar-refractivity contribution in [1.29, 1.82) is 0 Å². The number of nitrogens with zero attached hydrogens (tertiary/aromatic N) is 5. The SMILES string of the molecule is COC(=O)c1c(OCc2ccccn2)cc(=O)n2c1CCN(C(=O)c1cc(C(C)C)nn1C)CC2. The van der Waals surface area contributed by atoms with Crippen molar-refractivity contribution >= 4 is 11.9 Å². The average molecular weight is 480 g/mol. The first-order valence-corrected chi connectivity index (χ1v) is 11.5. The molecule has 3 aromatic heterocycles. The third-order valence-corrected chi connectivity index (χ3v) is 6.08. The van der Waals surface area contributed by atoms with E-state index in [0.717, 1.165) is 5.69 Å². The molecular weight excluding hydrogens is 450 g/mol. The molecule has 0 atom stereocenters. The molecule has 1 amide bonds. The lowest BCUT2D eigenvalue weighted by Crippen LogP contribution is -2.35. The molecule has 0 aliphatic carbocycles. The number of rotatable bonds is 6. The van der Waals surface area contributed by atoms with Gasteiger partial charge in [0.1, 0.15) is 23.6 Å². The Kier molecular flexibility index (Phi) is 6.99. The van der Waals surface area contributed by atoms with Gasteiger partial charge in [-0.05, 0) is 24.1 Å². The molecule has 0 bridgehead atoms. The van der Waals surface area contributed by atoms with Gasteiger partial charge in [0.15, 0.2) is 0 Å². The number of fused-ring (bicyclic) bond motifs is 1. The van der Waals surface area contributed by atoms with E-state index in [1.54, 1.807) is 41.0 Å². The van der Waals surface area contributed by atoms with Gasteiger partial charge in [-0.25, -0.2) is 4.79 Å². The van der Waals surface area contributed by atoms with Gasteiger partial charge in [0, 0.05) is 51.1 Å². The lowest BCUT2D eigenvalue weighted by Gasteiger charge is -2.19. The fourth-order valence-corrected chi connectivity index (χ4v) is 4.16. The van der Waals surface area contributed by atoms with Crippen LogP contribution in [0.15, 0.2) is 41.3 Å².